The van der Waals surface area contributed by atoms with Gasteiger partial charge >= 0.3 is 5.97 Å². The van der Waals surface area contributed by atoms with Gasteiger partial charge in [0.05, 0.1) is 0 Å². The predicted molar refractivity (Wildman–Crippen MR) is 78.9 cm³/mol. The lowest BCUT2D eigenvalue weighted by Gasteiger charge is -2.35. The number of nitrogens with zero attached hydrogens (tertiary/aromatic N) is 2. The minimum absolute atomic E-state index is 0.340. The Morgan fingerprint density at radius 2 is 2.20 bits per heavy atom. The lowest BCUT2D eigenvalue weighted by Crippen LogP contribution is -2.47. The molecule has 0 saturated carbocycles. The van der Waals surface area contributed by atoms with Crippen molar-refractivity contribution in [1.82, 2.24) is 9.88 Å². The number of aryl methyl sites for hydroxylation is 1. The van der Waals surface area contributed by atoms with Gasteiger partial charge in [-0.15, -0.1) is 0 Å². The van der Waals surface area contributed by atoms with Crippen LogP contribution in [0.4, 0.5) is 5.82 Å². The van der Waals surface area contributed by atoms with E-state index in [-0.39, 0.29) is 6.04 Å². The summed E-state index contributed by atoms with van der Waals surface area (Å²) in [7, 11) is 0. The van der Waals surface area contributed by atoms with E-state index < -0.39 is 5.97 Å². The molecule has 5 nitrogen and oxygen atoms in total. The van der Waals surface area contributed by atoms with Crippen molar-refractivity contribution >= 4 is 11.8 Å². The maximum absolute atomic E-state index is 11.2. The first-order valence-corrected chi connectivity index (χ1v) is 7.27. The van der Waals surface area contributed by atoms with Crippen molar-refractivity contribution in [3.05, 3.63) is 23.9 Å². The van der Waals surface area contributed by atoms with Gasteiger partial charge in [-0.1, -0.05) is 13.0 Å². The molecule has 2 heterocycles. The zero-order valence-corrected chi connectivity index (χ0v) is 12.2. The lowest BCUT2D eigenvalue weighted by molar-refractivity contribution is -0.143. The van der Waals surface area contributed by atoms with E-state index in [2.05, 4.69) is 15.2 Å². The molecule has 1 fully saturated rings. The summed E-state index contributed by atoms with van der Waals surface area (Å²) in [5.74, 6) is 0.202. The number of hydrogen-bond acceptors (Lipinski definition) is 4. The average Bonchev–Trinajstić information content (AvgIpc) is 2.41. The third kappa shape index (κ3) is 3.70. The van der Waals surface area contributed by atoms with Crippen molar-refractivity contribution < 1.29 is 9.90 Å². The third-order valence-corrected chi connectivity index (χ3v) is 3.88. The quantitative estimate of drug-likeness (QED) is 0.863. The number of carbonyl (C=O) groups is 1. The van der Waals surface area contributed by atoms with Gasteiger partial charge in [0.25, 0.3) is 0 Å². The summed E-state index contributed by atoms with van der Waals surface area (Å²) in [6.45, 7) is 5.56. The molecule has 1 aromatic rings. The van der Waals surface area contributed by atoms with Gasteiger partial charge in [-0.3, -0.25) is 9.69 Å². The Balaban J connectivity index is 1.86. The molecule has 1 aliphatic heterocycles. The van der Waals surface area contributed by atoms with Crippen molar-refractivity contribution in [2.24, 2.45) is 0 Å². The van der Waals surface area contributed by atoms with Crippen LogP contribution in [-0.4, -0.2) is 46.1 Å². The van der Waals surface area contributed by atoms with Crippen LogP contribution in [0.2, 0.25) is 0 Å². The van der Waals surface area contributed by atoms with Crippen LogP contribution in [0, 0.1) is 6.92 Å². The molecule has 0 amide bonds. The summed E-state index contributed by atoms with van der Waals surface area (Å²) in [4.78, 5) is 17.7. The molecule has 0 spiro atoms. The van der Waals surface area contributed by atoms with Gasteiger partial charge in [-0.05, 0) is 38.3 Å². The number of rotatable bonds is 5. The van der Waals surface area contributed by atoms with Crippen LogP contribution in [0.1, 0.15) is 31.9 Å². The maximum Gasteiger partial charge on any atom is 0.320 e. The summed E-state index contributed by atoms with van der Waals surface area (Å²) >= 11 is 0. The van der Waals surface area contributed by atoms with Crippen molar-refractivity contribution in [3.63, 3.8) is 0 Å². The molecule has 1 unspecified atom stereocenters. The van der Waals surface area contributed by atoms with Gasteiger partial charge in [0.15, 0.2) is 0 Å². The van der Waals surface area contributed by atoms with Crippen LogP contribution in [0.3, 0.4) is 0 Å². The Hall–Kier alpha value is -1.62. The number of pyridine rings is 1. The van der Waals surface area contributed by atoms with Crippen molar-refractivity contribution in [2.45, 2.75) is 45.2 Å². The van der Waals surface area contributed by atoms with Crippen LogP contribution < -0.4 is 5.32 Å². The summed E-state index contributed by atoms with van der Waals surface area (Å²) in [5.41, 5.74) is 1.00. The van der Waals surface area contributed by atoms with Crippen molar-refractivity contribution in [2.75, 3.05) is 18.4 Å². The Kier molecular flexibility index (Phi) is 4.95. The van der Waals surface area contributed by atoms with Crippen LogP contribution >= 0.6 is 0 Å². The van der Waals surface area contributed by atoms with Gasteiger partial charge in [-0.25, -0.2) is 4.98 Å². The number of likely N-dealkylation sites (tertiary alicyclic amines) is 1. The molecule has 1 aromatic heterocycles. The lowest BCUT2D eigenvalue weighted by atomic mass is 10.0. The van der Waals surface area contributed by atoms with Crippen LogP contribution in [0.15, 0.2) is 18.2 Å². The second-order valence-corrected chi connectivity index (χ2v) is 5.38. The van der Waals surface area contributed by atoms with E-state index in [9.17, 15) is 9.90 Å². The summed E-state index contributed by atoms with van der Waals surface area (Å²) in [5, 5.41) is 12.6. The number of carboxylic acids is 1. The van der Waals surface area contributed by atoms with E-state index in [4.69, 9.17) is 0 Å². The Morgan fingerprint density at radius 3 is 2.75 bits per heavy atom. The van der Waals surface area contributed by atoms with Crippen LogP contribution in [-0.2, 0) is 4.79 Å². The number of hydrogen-bond donors (Lipinski definition) is 2. The van der Waals surface area contributed by atoms with Gasteiger partial charge in [-0.2, -0.15) is 0 Å². The van der Waals surface area contributed by atoms with Crippen LogP contribution in [0.5, 0.6) is 0 Å². The van der Waals surface area contributed by atoms with Gasteiger partial charge in [0.1, 0.15) is 11.9 Å². The molecule has 0 aromatic carbocycles. The minimum Gasteiger partial charge on any atom is -0.480 e. The second kappa shape index (κ2) is 6.70. The predicted octanol–water partition coefficient (Wildman–Crippen LogP) is 2.13. The first-order chi connectivity index (χ1) is 9.60. The third-order valence-electron chi connectivity index (χ3n) is 3.88. The Bertz CT molecular complexity index is 456. The Labute approximate surface area is 120 Å². The highest BCUT2D eigenvalue weighted by Crippen LogP contribution is 2.18. The second-order valence-electron chi connectivity index (χ2n) is 5.38. The van der Waals surface area contributed by atoms with Gasteiger partial charge in [0, 0.05) is 24.8 Å². The minimum atomic E-state index is -0.709. The highest BCUT2D eigenvalue weighted by atomic mass is 16.4. The first-order valence-electron chi connectivity index (χ1n) is 7.27. The zero-order valence-electron chi connectivity index (χ0n) is 12.2. The average molecular weight is 277 g/mol. The van der Waals surface area contributed by atoms with Crippen LogP contribution in [0.25, 0.3) is 0 Å². The molecule has 2 N–H and O–H groups in total. The SMILES string of the molecule is CCC(C(=O)O)N1CCC(Nc2cccc(C)n2)CC1. The highest BCUT2D eigenvalue weighted by Gasteiger charge is 2.28. The smallest absolute Gasteiger partial charge is 0.320 e. The van der Waals surface area contributed by atoms with E-state index in [1.54, 1.807) is 0 Å². The number of aliphatic carboxylic acids is 1. The molecule has 0 aliphatic carbocycles. The monoisotopic (exact) mass is 277 g/mol. The number of nitrogens with one attached hydrogen (secondary N) is 1. The number of carboxylic acid groups (broad SMARTS) is 1. The molecular weight excluding hydrogens is 254 g/mol. The number of anilines is 1. The summed E-state index contributed by atoms with van der Waals surface area (Å²) in [6.07, 6.45) is 2.58. The van der Waals surface area contributed by atoms with Gasteiger partial charge in [0.2, 0.25) is 0 Å². The fraction of sp³-hybridized carbons (Fsp3) is 0.600. The van der Waals surface area contributed by atoms with Crippen molar-refractivity contribution in [3.8, 4) is 0 Å². The van der Waals surface area contributed by atoms with E-state index >= 15 is 0 Å². The fourth-order valence-corrected chi connectivity index (χ4v) is 2.78. The molecule has 1 saturated heterocycles. The number of aromatic nitrogens is 1. The summed E-state index contributed by atoms with van der Waals surface area (Å²) in [6, 6.07) is 6.00. The molecular formula is C15H23N3O2. The largest absolute Gasteiger partial charge is 0.480 e. The molecule has 1 atom stereocenters. The maximum atomic E-state index is 11.2. The molecule has 0 bridgehead atoms. The van der Waals surface area contributed by atoms with E-state index in [1.165, 1.54) is 0 Å². The van der Waals surface area contributed by atoms with E-state index in [0.717, 1.165) is 37.4 Å². The summed E-state index contributed by atoms with van der Waals surface area (Å²) < 4.78 is 0. The number of piperidine rings is 1. The van der Waals surface area contributed by atoms with E-state index in [0.29, 0.717) is 12.5 Å². The van der Waals surface area contributed by atoms with Crippen molar-refractivity contribution in [1.29, 1.82) is 0 Å². The molecule has 5 heteroatoms. The standard InChI is InChI=1S/C15H23N3O2/c1-3-13(15(19)20)18-9-7-12(8-10-18)17-14-6-4-5-11(2)16-14/h4-6,12-13H,3,7-10H2,1-2H3,(H,16,17)(H,19,20). The topological polar surface area (TPSA) is 65.5 Å². The molecule has 110 valence electrons. The molecule has 2 rings (SSSR count). The Morgan fingerprint density at radius 1 is 1.50 bits per heavy atom. The molecule has 20 heavy (non-hydrogen) atoms. The zero-order chi connectivity index (χ0) is 14.5. The normalized spacial score (nSPS) is 18.7. The highest BCUT2D eigenvalue weighted by molar-refractivity contribution is 5.73. The fourth-order valence-electron chi connectivity index (χ4n) is 2.78. The van der Waals surface area contributed by atoms with Gasteiger partial charge < -0.3 is 10.4 Å². The molecule has 1 aliphatic rings. The first kappa shape index (κ1) is 14.8. The van der Waals surface area contributed by atoms with E-state index in [1.807, 2.05) is 32.0 Å². The molecule has 0 radical (unpaired) electrons.